The van der Waals surface area contributed by atoms with Crippen molar-refractivity contribution in [1.29, 1.82) is 0 Å². The van der Waals surface area contributed by atoms with Gasteiger partial charge in [0.25, 0.3) is 5.91 Å². The Morgan fingerprint density at radius 3 is 2.41 bits per heavy atom. The van der Waals surface area contributed by atoms with Crippen molar-refractivity contribution in [3.63, 3.8) is 0 Å². The van der Waals surface area contributed by atoms with Gasteiger partial charge in [0, 0.05) is 50.7 Å². The largest absolute Gasteiger partial charge is 0.337 e. The first kappa shape index (κ1) is 19.4. The normalized spacial score (nSPS) is 18.6. The summed E-state index contributed by atoms with van der Waals surface area (Å²) < 4.78 is 0. The average Bonchev–Trinajstić information content (AvgIpc) is 3.10. The molecule has 0 N–H and O–H groups in total. The Bertz CT molecular complexity index is 880. The van der Waals surface area contributed by atoms with Crippen LogP contribution in [0.1, 0.15) is 36.2 Å². The highest BCUT2D eigenvalue weighted by atomic mass is 16.2. The minimum atomic E-state index is -0.431. The van der Waals surface area contributed by atoms with Gasteiger partial charge in [0.05, 0.1) is 0 Å². The smallest absolute Gasteiger partial charge is 0.255 e. The highest BCUT2D eigenvalue weighted by molar-refractivity contribution is 6.01. The van der Waals surface area contributed by atoms with Gasteiger partial charge in [-0.25, -0.2) is 9.97 Å². The molecule has 0 radical (unpaired) electrons. The SMILES string of the molecule is CC[C@H](C)[C@@H](C(=O)N1CCN(c2ncccn2)CC1)N1Cc2ccccc2C1=O. The Morgan fingerprint density at radius 1 is 1.07 bits per heavy atom. The molecule has 0 saturated carbocycles. The van der Waals surface area contributed by atoms with Crippen LogP contribution in [-0.2, 0) is 11.3 Å². The van der Waals surface area contributed by atoms with E-state index in [0.29, 0.717) is 38.7 Å². The maximum Gasteiger partial charge on any atom is 0.255 e. The zero-order chi connectivity index (χ0) is 20.4. The molecule has 0 spiro atoms. The van der Waals surface area contributed by atoms with E-state index in [1.165, 1.54) is 0 Å². The number of aromatic nitrogens is 2. The van der Waals surface area contributed by atoms with E-state index in [0.717, 1.165) is 17.5 Å². The number of anilines is 1. The Labute approximate surface area is 171 Å². The number of carbonyl (C=O) groups excluding carboxylic acids is 2. The molecule has 0 unspecified atom stereocenters. The summed E-state index contributed by atoms with van der Waals surface area (Å²) in [5.74, 6) is 0.809. The van der Waals surface area contributed by atoms with E-state index in [1.807, 2.05) is 29.2 Å². The van der Waals surface area contributed by atoms with E-state index in [-0.39, 0.29) is 17.7 Å². The van der Waals surface area contributed by atoms with Gasteiger partial charge in [-0.15, -0.1) is 0 Å². The maximum atomic E-state index is 13.5. The summed E-state index contributed by atoms with van der Waals surface area (Å²) in [4.78, 5) is 40.9. The fraction of sp³-hybridized carbons (Fsp3) is 0.455. The third-order valence-electron chi connectivity index (χ3n) is 6.05. The molecular formula is C22H27N5O2. The maximum absolute atomic E-state index is 13.5. The first-order chi connectivity index (χ1) is 14.1. The Morgan fingerprint density at radius 2 is 1.76 bits per heavy atom. The van der Waals surface area contributed by atoms with Crippen LogP contribution in [0.4, 0.5) is 5.95 Å². The Hall–Kier alpha value is -2.96. The number of piperazine rings is 1. The molecule has 0 aliphatic carbocycles. The van der Waals surface area contributed by atoms with Crippen LogP contribution < -0.4 is 4.90 Å². The van der Waals surface area contributed by atoms with Crippen LogP contribution >= 0.6 is 0 Å². The zero-order valence-corrected chi connectivity index (χ0v) is 17.0. The summed E-state index contributed by atoms with van der Waals surface area (Å²) in [6, 6.07) is 9.02. The summed E-state index contributed by atoms with van der Waals surface area (Å²) >= 11 is 0. The standard InChI is InChI=1S/C22H27N5O2/c1-3-16(2)19(27-15-17-7-4-5-8-18(17)20(27)28)21(29)25-11-13-26(14-12-25)22-23-9-6-10-24-22/h4-10,16,19H,3,11-15H2,1-2H3/t16-,19-/m0/s1. The number of hydrogen-bond donors (Lipinski definition) is 0. The molecule has 1 fully saturated rings. The van der Waals surface area contributed by atoms with Gasteiger partial charge in [0.1, 0.15) is 6.04 Å². The van der Waals surface area contributed by atoms with Crippen molar-refractivity contribution < 1.29 is 9.59 Å². The highest BCUT2D eigenvalue weighted by Crippen LogP contribution is 2.29. The van der Waals surface area contributed by atoms with E-state index in [4.69, 9.17) is 0 Å². The lowest BCUT2D eigenvalue weighted by Gasteiger charge is -2.39. The Kier molecular flexibility index (Phi) is 5.47. The van der Waals surface area contributed by atoms with Crippen molar-refractivity contribution in [3.05, 3.63) is 53.9 Å². The molecule has 2 aliphatic heterocycles. The molecule has 1 aromatic heterocycles. The molecule has 3 heterocycles. The number of carbonyl (C=O) groups is 2. The second kappa shape index (κ2) is 8.19. The van der Waals surface area contributed by atoms with Crippen molar-refractivity contribution in [2.24, 2.45) is 5.92 Å². The van der Waals surface area contributed by atoms with Crippen LogP contribution in [0, 0.1) is 5.92 Å². The molecule has 0 bridgehead atoms. The summed E-state index contributed by atoms with van der Waals surface area (Å²) in [6.45, 7) is 7.25. The second-order valence-corrected chi connectivity index (χ2v) is 7.78. The van der Waals surface area contributed by atoms with E-state index >= 15 is 0 Å². The van der Waals surface area contributed by atoms with E-state index in [9.17, 15) is 9.59 Å². The molecule has 7 heteroatoms. The molecule has 2 amide bonds. The number of fused-ring (bicyclic) bond motifs is 1. The minimum absolute atomic E-state index is 0.0319. The van der Waals surface area contributed by atoms with Gasteiger partial charge in [-0.05, 0) is 23.6 Å². The molecule has 7 nitrogen and oxygen atoms in total. The molecule has 2 aromatic rings. The highest BCUT2D eigenvalue weighted by Gasteiger charge is 2.41. The second-order valence-electron chi connectivity index (χ2n) is 7.78. The first-order valence-corrected chi connectivity index (χ1v) is 10.3. The van der Waals surface area contributed by atoms with Gasteiger partial charge in [-0.3, -0.25) is 9.59 Å². The third-order valence-corrected chi connectivity index (χ3v) is 6.05. The van der Waals surface area contributed by atoms with Crippen molar-refractivity contribution in [2.75, 3.05) is 31.1 Å². The first-order valence-electron chi connectivity index (χ1n) is 10.3. The average molecular weight is 393 g/mol. The van der Waals surface area contributed by atoms with Gasteiger partial charge >= 0.3 is 0 Å². The summed E-state index contributed by atoms with van der Waals surface area (Å²) in [6.07, 6.45) is 4.30. The summed E-state index contributed by atoms with van der Waals surface area (Å²) in [5.41, 5.74) is 1.73. The predicted molar refractivity (Wildman–Crippen MR) is 110 cm³/mol. The van der Waals surface area contributed by atoms with Crippen LogP contribution in [-0.4, -0.2) is 63.8 Å². The van der Waals surface area contributed by atoms with Gasteiger partial charge in [0.15, 0.2) is 0 Å². The molecule has 4 rings (SSSR count). The number of hydrogen-bond acceptors (Lipinski definition) is 5. The lowest BCUT2D eigenvalue weighted by molar-refractivity contribution is -0.138. The molecule has 1 aromatic carbocycles. The summed E-state index contributed by atoms with van der Waals surface area (Å²) in [5, 5.41) is 0. The number of nitrogens with zero attached hydrogens (tertiary/aromatic N) is 5. The topological polar surface area (TPSA) is 69.6 Å². The van der Waals surface area contributed by atoms with Gasteiger partial charge in [-0.1, -0.05) is 38.5 Å². The third kappa shape index (κ3) is 3.69. The molecule has 2 aliphatic rings. The van der Waals surface area contributed by atoms with Crippen molar-refractivity contribution in [3.8, 4) is 0 Å². The molecular weight excluding hydrogens is 366 g/mol. The molecule has 29 heavy (non-hydrogen) atoms. The van der Waals surface area contributed by atoms with Gasteiger partial charge < -0.3 is 14.7 Å². The molecule has 1 saturated heterocycles. The zero-order valence-electron chi connectivity index (χ0n) is 17.0. The van der Waals surface area contributed by atoms with Gasteiger partial charge in [0.2, 0.25) is 11.9 Å². The fourth-order valence-electron chi connectivity index (χ4n) is 4.18. The van der Waals surface area contributed by atoms with Crippen LogP contribution in [0.3, 0.4) is 0 Å². The van der Waals surface area contributed by atoms with Gasteiger partial charge in [-0.2, -0.15) is 0 Å². The quantitative estimate of drug-likeness (QED) is 0.779. The van der Waals surface area contributed by atoms with E-state index in [2.05, 4.69) is 28.7 Å². The van der Waals surface area contributed by atoms with E-state index in [1.54, 1.807) is 23.4 Å². The minimum Gasteiger partial charge on any atom is -0.337 e. The number of benzene rings is 1. The fourth-order valence-corrected chi connectivity index (χ4v) is 4.18. The Balaban J connectivity index is 1.49. The van der Waals surface area contributed by atoms with Crippen LogP contribution in [0.2, 0.25) is 0 Å². The molecule has 2 atom stereocenters. The number of rotatable bonds is 5. The van der Waals surface area contributed by atoms with Crippen LogP contribution in [0.25, 0.3) is 0 Å². The number of amides is 2. The molecule has 152 valence electrons. The van der Waals surface area contributed by atoms with Crippen molar-refractivity contribution in [2.45, 2.75) is 32.9 Å². The lowest BCUT2D eigenvalue weighted by Crippen LogP contribution is -2.57. The summed E-state index contributed by atoms with van der Waals surface area (Å²) in [7, 11) is 0. The van der Waals surface area contributed by atoms with Crippen LogP contribution in [0.5, 0.6) is 0 Å². The monoisotopic (exact) mass is 393 g/mol. The van der Waals surface area contributed by atoms with Crippen LogP contribution in [0.15, 0.2) is 42.7 Å². The van der Waals surface area contributed by atoms with E-state index < -0.39 is 6.04 Å². The lowest BCUT2D eigenvalue weighted by atomic mass is 9.96. The van der Waals surface area contributed by atoms with Crippen molar-refractivity contribution in [1.82, 2.24) is 19.8 Å². The predicted octanol–water partition coefficient (Wildman–Crippen LogP) is 2.20. The van der Waals surface area contributed by atoms with Crippen molar-refractivity contribution >= 4 is 17.8 Å².